The minimum atomic E-state index is 0.0522. The number of H-pyrrole nitrogens is 1. The van der Waals surface area contributed by atoms with E-state index in [-0.39, 0.29) is 6.61 Å². The van der Waals surface area contributed by atoms with E-state index in [1.54, 1.807) is 16.6 Å². The molecule has 1 aliphatic rings. The molecule has 3 heterocycles. The fraction of sp³-hybridized carbons (Fsp3) is 0.261. The van der Waals surface area contributed by atoms with E-state index in [4.69, 9.17) is 5.26 Å². The summed E-state index contributed by atoms with van der Waals surface area (Å²) in [4.78, 5) is 8.77. The SMILES string of the molecule is N#Cc1cccc(SN[C@H]2C[C@@H](Nc3c(-c4ccn(CCO)n4)cnc4[nH]ccc34)C2)c1. The van der Waals surface area contributed by atoms with Crippen LogP contribution in [0.15, 0.2) is 59.9 Å². The van der Waals surface area contributed by atoms with E-state index in [2.05, 4.69) is 31.2 Å². The number of nitrogens with one attached hydrogen (secondary N) is 3. The van der Waals surface area contributed by atoms with Crippen molar-refractivity contribution in [2.24, 2.45) is 0 Å². The maximum Gasteiger partial charge on any atom is 0.139 e. The molecule has 4 N–H and O–H groups in total. The maximum atomic E-state index is 9.18. The molecule has 0 amide bonds. The monoisotopic (exact) mass is 445 g/mol. The molecule has 162 valence electrons. The van der Waals surface area contributed by atoms with Crippen molar-refractivity contribution in [3.8, 4) is 17.3 Å². The Bertz CT molecular complexity index is 1270. The molecule has 0 saturated heterocycles. The summed E-state index contributed by atoms with van der Waals surface area (Å²) in [6.45, 7) is 0.518. The van der Waals surface area contributed by atoms with Crippen LogP contribution in [0.25, 0.3) is 22.3 Å². The van der Waals surface area contributed by atoms with Gasteiger partial charge in [0.25, 0.3) is 0 Å². The third-order valence-corrected chi connectivity index (χ3v) is 6.57. The molecule has 1 aromatic carbocycles. The van der Waals surface area contributed by atoms with E-state index in [0.29, 0.717) is 24.2 Å². The highest BCUT2D eigenvalue weighted by Crippen LogP contribution is 2.36. The lowest BCUT2D eigenvalue weighted by molar-refractivity contribution is 0.269. The molecule has 0 aliphatic heterocycles. The number of nitrogens with zero attached hydrogens (tertiary/aromatic N) is 4. The molecule has 1 aliphatic carbocycles. The smallest absolute Gasteiger partial charge is 0.139 e. The van der Waals surface area contributed by atoms with Gasteiger partial charge in [0.05, 0.1) is 36.2 Å². The van der Waals surface area contributed by atoms with Crippen molar-refractivity contribution in [3.63, 3.8) is 0 Å². The van der Waals surface area contributed by atoms with Gasteiger partial charge in [-0.15, -0.1) is 0 Å². The molecule has 9 heteroatoms. The third-order valence-electron chi connectivity index (χ3n) is 5.63. The highest BCUT2D eigenvalue weighted by Gasteiger charge is 2.30. The minimum absolute atomic E-state index is 0.0522. The Morgan fingerprint density at radius 1 is 1.25 bits per heavy atom. The Labute approximate surface area is 189 Å². The van der Waals surface area contributed by atoms with Crippen molar-refractivity contribution in [2.75, 3.05) is 11.9 Å². The summed E-state index contributed by atoms with van der Waals surface area (Å²) in [6.07, 6.45) is 7.61. The Balaban J connectivity index is 1.27. The summed E-state index contributed by atoms with van der Waals surface area (Å²) < 4.78 is 5.25. The van der Waals surface area contributed by atoms with Gasteiger partial charge in [-0.2, -0.15) is 10.4 Å². The number of pyridine rings is 1. The van der Waals surface area contributed by atoms with Crippen molar-refractivity contribution >= 4 is 28.7 Å². The van der Waals surface area contributed by atoms with E-state index in [1.807, 2.05) is 55.0 Å². The van der Waals surface area contributed by atoms with Gasteiger partial charge in [-0.05, 0) is 55.1 Å². The second kappa shape index (κ2) is 9.04. The Morgan fingerprint density at radius 3 is 3.00 bits per heavy atom. The van der Waals surface area contributed by atoms with Gasteiger partial charge in [-0.25, -0.2) is 4.98 Å². The number of benzene rings is 1. The van der Waals surface area contributed by atoms with E-state index >= 15 is 0 Å². The van der Waals surface area contributed by atoms with Crippen molar-refractivity contribution in [1.29, 1.82) is 5.26 Å². The van der Waals surface area contributed by atoms with Gasteiger partial charge in [0, 0.05) is 46.5 Å². The second-order valence-electron chi connectivity index (χ2n) is 7.84. The summed E-state index contributed by atoms with van der Waals surface area (Å²) in [5.41, 5.74) is 4.33. The fourth-order valence-corrected chi connectivity index (χ4v) is 4.73. The van der Waals surface area contributed by atoms with Crippen molar-refractivity contribution < 1.29 is 5.11 Å². The second-order valence-corrected chi connectivity index (χ2v) is 8.75. The van der Waals surface area contributed by atoms with Crippen LogP contribution in [0.1, 0.15) is 18.4 Å². The van der Waals surface area contributed by atoms with E-state index in [9.17, 15) is 5.11 Å². The molecule has 8 nitrogen and oxygen atoms in total. The van der Waals surface area contributed by atoms with Gasteiger partial charge in [-0.3, -0.25) is 9.40 Å². The molecule has 0 atom stereocenters. The van der Waals surface area contributed by atoms with Crippen LogP contribution in [0.4, 0.5) is 5.69 Å². The lowest BCUT2D eigenvalue weighted by Crippen LogP contribution is -2.45. The van der Waals surface area contributed by atoms with Crippen LogP contribution < -0.4 is 10.0 Å². The maximum absolute atomic E-state index is 9.18. The number of aromatic amines is 1. The fourth-order valence-electron chi connectivity index (χ4n) is 3.91. The predicted molar refractivity (Wildman–Crippen MR) is 125 cm³/mol. The molecule has 5 rings (SSSR count). The van der Waals surface area contributed by atoms with Gasteiger partial charge in [-0.1, -0.05) is 6.07 Å². The topological polar surface area (TPSA) is 115 Å². The molecule has 0 bridgehead atoms. The van der Waals surface area contributed by atoms with Crippen LogP contribution in [0.2, 0.25) is 0 Å². The number of rotatable bonds is 8. The normalized spacial score (nSPS) is 17.8. The van der Waals surface area contributed by atoms with Crippen LogP contribution in [0.5, 0.6) is 0 Å². The number of hydrogen-bond acceptors (Lipinski definition) is 7. The first-order chi connectivity index (χ1) is 15.7. The average Bonchev–Trinajstić information content (AvgIpc) is 3.45. The van der Waals surface area contributed by atoms with Crippen LogP contribution in [-0.4, -0.2) is 43.5 Å². The van der Waals surface area contributed by atoms with E-state index in [0.717, 1.165) is 45.7 Å². The molecule has 4 aromatic rings. The Kier molecular flexibility index (Phi) is 5.81. The number of nitriles is 1. The summed E-state index contributed by atoms with van der Waals surface area (Å²) in [5.74, 6) is 0. The van der Waals surface area contributed by atoms with Crippen molar-refractivity contribution in [2.45, 2.75) is 36.4 Å². The van der Waals surface area contributed by atoms with Crippen LogP contribution in [0.3, 0.4) is 0 Å². The Morgan fingerprint density at radius 2 is 2.16 bits per heavy atom. The lowest BCUT2D eigenvalue weighted by atomic mass is 9.87. The first-order valence-corrected chi connectivity index (χ1v) is 11.3. The quantitative estimate of drug-likeness (QED) is 0.307. The van der Waals surface area contributed by atoms with Crippen LogP contribution in [-0.2, 0) is 6.54 Å². The van der Waals surface area contributed by atoms with Crippen molar-refractivity contribution in [1.82, 2.24) is 24.5 Å². The number of hydrogen-bond donors (Lipinski definition) is 4. The zero-order valence-corrected chi connectivity index (χ0v) is 18.1. The van der Waals surface area contributed by atoms with Gasteiger partial charge in [0.2, 0.25) is 0 Å². The largest absolute Gasteiger partial charge is 0.394 e. The summed E-state index contributed by atoms with van der Waals surface area (Å²) in [7, 11) is 0. The number of aliphatic hydroxyl groups excluding tert-OH is 1. The standard InChI is InChI=1S/C23H23N7OS/c24-13-15-2-1-3-18(10-15)32-29-17-11-16(12-17)27-22-19-4-6-25-23(19)26-14-20(22)21-5-7-30(28-21)8-9-31/h1-7,10,14,16-17,29,31H,8-9,11-12H2,(H2,25,26,27)/t16-,17+. The minimum Gasteiger partial charge on any atom is -0.394 e. The third kappa shape index (κ3) is 4.21. The highest BCUT2D eigenvalue weighted by atomic mass is 32.2. The first-order valence-electron chi connectivity index (χ1n) is 10.5. The Hall–Kier alpha value is -3.32. The van der Waals surface area contributed by atoms with Crippen LogP contribution in [0, 0.1) is 11.3 Å². The molecule has 1 fully saturated rings. The first kappa shape index (κ1) is 20.6. The number of aliphatic hydroxyl groups is 1. The summed E-state index contributed by atoms with van der Waals surface area (Å²) >= 11 is 1.58. The highest BCUT2D eigenvalue weighted by molar-refractivity contribution is 7.97. The zero-order chi connectivity index (χ0) is 21.9. The summed E-state index contributed by atoms with van der Waals surface area (Å²) in [6, 6.07) is 14.5. The predicted octanol–water partition coefficient (Wildman–Crippen LogP) is 3.53. The summed E-state index contributed by atoms with van der Waals surface area (Å²) in [5, 5.41) is 27.6. The van der Waals surface area contributed by atoms with Gasteiger partial charge in [0.1, 0.15) is 5.65 Å². The van der Waals surface area contributed by atoms with Crippen molar-refractivity contribution in [3.05, 3.63) is 60.6 Å². The van der Waals surface area contributed by atoms with E-state index in [1.165, 1.54) is 0 Å². The molecule has 0 spiro atoms. The molecule has 0 unspecified atom stereocenters. The molecule has 0 radical (unpaired) electrons. The van der Waals surface area contributed by atoms with Crippen LogP contribution >= 0.6 is 11.9 Å². The lowest BCUT2D eigenvalue weighted by Gasteiger charge is -2.37. The molecular weight excluding hydrogens is 422 g/mol. The molecule has 32 heavy (non-hydrogen) atoms. The molecule has 3 aromatic heterocycles. The van der Waals surface area contributed by atoms with Gasteiger partial charge < -0.3 is 15.4 Å². The van der Waals surface area contributed by atoms with Gasteiger partial charge in [0.15, 0.2) is 0 Å². The molecule has 1 saturated carbocycles. The van der Waals surface area contributed by atoms with Gasteiger partial charge >= 0.3 is 0 Å². The molecular formula is C23H23N7OS. The average molecular weight is 446 g/mol. The number of anilines is 1. The number of fused-ring (bicyclic) bond motifs is 1. The number of aromatic nitrogens is 4. The zero-order valence-electron chi connectivity index (χ0n) is 17.3. The van der Waals surface area contributed by atoms with E-state index < -0.39 is 0 Å².